The molecule has 1 aliphatic heterocycles. The summed E-state index contributed by atoms with van der Waals surface area (Å²) in [5.41, 5.74) is 4.86. The van der Waals surface area contributed by atoms with E-state index in [0.717, 1.165) is 25.9 Å². The van der Waals surface area contributed by atoms with Crippen molar-refractivity contribution in [1.29, 1.82) is 0 Å². The quantitative estimate of drug-likeness (QED) is 0.760. The van der Waals surface area contributed by atoms with Crippen molar-refractivity contribution >= 4 is 5.95 Å². The fourth-order valence-electron chi connectivity index (χ4n) is 3.55. The lowest BCUT2D eigenvalue weighted by Crippen LogP contribution is -2.35. The van der Waals surface area contributed by atoms with E-state index in [1.807, 2.05) is 6.20 Å². The molecule has 0 unspecified atom stereocenters. The third-order valence-electron chi connectivity index (χ3n) is 5.07. The van der Waals surface area contributed by atoms with E-state index in [2.05, 4.69) is 70.3 Å². The maximum Gasteiger partial charge on any atom is 0.266 e. The Kier molecular flexibility index (Phi) is 4.49. The minimum atomic E-state index is 0.248. The lowest BCUT2D eigenvalue weighted by molar-refractivity contribution is 0.363. The van der Waals surface area contributed by atoms with Gasteiger partial charge in [-0.1, -0.05) is 43.7 Å². The number of anilines is 1. The third-order valence-corrected chi connectivity index (χ3v) is 5.07. The minimum absolute atomic E-state index is 0.248. The Balaban J connectivity index is 1.57. The van der Waals surface area contributed by atoms with Crippen LogP contribution < -0.4 is 4.90 Å². The van der Waals surface area contributed by atoms with Gasteiger partial charge in [0.25, 0.3) is 5.95 Å². The van der Waals surface area contributed by atoms with Crippen molar-refractivity contribution in [3.63, 3.8) is 0 Å². The fourth-order valence-corrected chi connectivity index (χ4v) is 3.55. The molecule has 0 spiro atoms. The summed E-state index contributed by atoms with van der Waals surface area (Å²) in [7, 11) is 0. The van der Waals surface area contributed by atoms with Crippen LogP contribution in [0.15, 0.2) is 35.0 Å². The van der Waals surface area contributed by atoms with E-state index in [1.165, 1.54) is 22.4 Å². The molecule has 1 N–H and O–H groups in total. The van der Waals surface area contributed by atoms with E-state index in [-0.39, 0.29) is 5.92 Å². The number of aromatic nitrogens is 4. The Bertz CT molecular complexity index is 864. The average molecular weight is 351 g/mol. The van der Waals surface area contributed by atoms with Gasteiger partial charge in [-0.05, 0) is 30.5 Å². The standard InChI is InChI=1S/C20H25N5O/c1-13(2)19-22-20(24-26-19)25-10-4-5-16(12-25)18-17(11-21-23-18)15-8-6-14(3)7-9-15/h6-9,11,13,16H,4-5,10,12H2,1-3H3,(H,21,23)/t16-/m1/s1. The number of aryl methyl sites for hydroxylation is 1. The number of rotatable bonds is 4. The van der Waals surface area contributed by atoms with Crippen molar-refractivity contribution in [3.05, 3.63) is 47.6 Å². The molecule has 6 heteroatoms. The van der Waals surface area contributed by atoms with E-state index in [4.69, 9.17) is 4.52 Å². The van der Waals surface area contributed by atoms with Gasteiger partial charge in [0.05, 0.1) is 6.20 Å². The summed E-state index contributed by atoms with van der Waals surface area (Å²) < 4.78 is 5.39. The molecule has 0 amide bonds. The second-order valence-electron chi connectivity index (χ2n) is 7.44. The van der Waals surface area contributed by atoms with Gasteiger partial charge >= 0.3 is 0 Å². The van der Waals surface area contributed by atoms with Gasteiger partial charge in [0.1, 0.15) is 0 Å². The summed E-state index contributed by atoms with van der Waals surface area (Å²) in [4.78, 5) is 6.79. The van der Waals surface area contributed by atoms with Crippen LogP contribution in [0.1, 0.15) is 55.7 Å². The van der Waals surface area contributed by atoms with Crippen molar-refractivity contribution in [2.75, 3.05) is 18.0 Å². The van der Waals surface area contributed by atoms with Gasteiger partial charge in [-0.2, -0.15) is 10.1 Å². The first-order chi connectivity index (χ1) is 12.6. The zero-order valence-corrected chi connectivity index (χ0v) is 15.6. The van der Waals surface area contributed by atoms with Crippen LogP contribution in [0.3, 0.4) is 0 Å². The van der Waals surface area contributed by atoms with Crippen molar-refractivity contribution in [3.8, 4) is 11.1 Å². The molecule has 0 radical (unpaired) electrons. The molecule has 26 heavy (non-hydrogen) atoms. The summed E-state index contributed by atoms with van der Waals surface area (Å²) in [6.07, 6.45) is 4.17. The van der Waals surface area contributed by atoms with Crippen LogP contribution in [0.4, 0.5) is 5.95 Å². The highest BCUT2D eigenvalue weighted by Gasteiger charge is 2.27. The summed E-state index contributed by atoms with van der Waals surface area (Å²) in [5, 5.41) is 11.8. The Hall–Kier alpha value is -2.63. The number of nitrogens with zero attached hydrogens (tertiary/aromatic N) is 4. The number of benzene rings is 1. The number of hydrogen-bond acceptors (Lipinski definition) is 5. The topological polar surface area (TPSA) is 70.8 Å². The molecule has 136 valence electrons. The lowest BCUT2D eigenvalue weighted by atomic mass is 9.90. The van der Waals surface area contributed by atoms with E-state index in [9.17, 15) is 0 Å². The minimum Gasteiger partial charge on any atom is -0.338 e. The fraction of sp³-hybridized carbons (Fsp3) is 0.450. The van der Waals surface area contributed by atoms with E-state index in [0.29, 0.717) is 17.8 Å². The molecular formula is C20H25N5O. The van der Waals surface area contributed by atoms with Gasteiger partial charge in [0.15, 0.2) is 0 Å². The van der Waals surface area contributed by atoms with Crippen LogP contribution in [-0.2, 0) is 0 Å². The van der Waals surface area contributed by atoms with Crippen LogP contribution in [0.2, 0.25) is 0 Å². The first-order valence-corrected chi connectivity index (χ1v) is 9.30. The van der Waals surface area contributed by atoms with Gasteiger partial charge in [-0.3, -0.25) is 5.10 Å². The molecule has 1 aliphatic rings. The van der Waals surface area contributed by atoms with E-state index in [1.54, 1.807) is 0 Å². The number of hydrogen-bond donors (Lipinski definition) is 1. The molecule has 6 nitrogen and oxygen atoms in total. The van der Waals surface area contributed by atoms with Gasteiger partial charge in [0.2, 0.25) is 5.89 Å². The van der Waals surface area contributed by atoms with Gasteiger partial charge < -0.3 is 9.42 Å². The molecule has 0 saturated carbocycles. The van der Waals surface area contributed by atoms with Crippen LogP contribution in [-0.4, -0.2) is 33.4 Å². The van der Waals surface area contributed by atoms with E-state index < -0.39 is 0 Å². The predicted molar refractivity (Wildman–Crippen MR) is 101 cm³/mol. The largest absolute Gasteiger partial charge is 0.338 e. The van der Waals surface area contributed by atoms with Crippen LogP contribution in [0, 0.1) is 6.92 Å². The van der Waals surface area contributed by atoms with Crippen molar-refractivity contribution in [2.24, 2.45) is 0 Å². The van der Waals surface area contributed by atoms with Crippen LogP contribution >= 0.6 is 0 Å². The zero-order valence-electron chi connectivity index (χ0n) is 15.6. The van der Waals surface area contributed by atoms with Gasteiger partial charge in [-0.25, -0.2) is 0 Å². The maximum absolute atomic E-state index is 5.39. The van der Waals surface area contributed by atoms with E-state index >= 15 is 0 Å². The smallest absolute Gasteiger partial charge is 0.266 e. The summed E-state index contributed by atoms with van der Waals surface area (Å²) in [6.45, 7) is 8.07. The number of nitrogens with one attached hydrogen (secondary N) is 1. The highest BCUT2D eigenvalue weighted by molar-refractivity contribution is 5.66. The SMILES string of the molecule is Cc1ccc(-c2cn[nH]c2[C@@H]2CCCN(c3noc(C(C)C)n3)C2)cc1. The summed E-state index contributed by atoms with van der Waals surface area (Å²) >= 11 is 0. The average Bonchev–Trinajstić information content (AvgIpc) is 3.32. The molecule has 0 aliphatic carbocycles. The second-order valence-corrected chi connectivity index (χ2v) is 7.44. The number of piperidine rings is 1. The molecule has 4 rings (SSSR count). The molecule has 2 aromatic heterocycles. The monoisotopic (exact) mass is 351 g/mol. The molecular weight excluding hydrogens is 326 g/mol. The van der Waals surface area contributed by atoms with Crippen LogP contribution in [0.5, 0.6) is 0 Å². The van der Waals surface area contributed by atoms with Crippen molar-refractivity contribution in [1.82, 2.24) is 20.3 Å². The van der Waals surface area contributed by atoms with Crippen LogP contribution in [0.25, 0.3) is 11.1 Å². The number of aromatic amines is 1. The Morgan fingerprint density at radius 3 is 2.77 bits per heavy atom. The second kappa shape index (κ2) is 6.94. The molecule has 1 fully saturated rings. The maximum atomic E-state index is 5.39. The first kappa shape index (κ1) is 16.8. The third kappa shape index (κ3) is 3.23. The lowest BCUT2D eigenvalue weighted by Gasteiger charge is -2.31. The summed E-state index contributed by atoms with van der Waals surface area (Å²) in [5.74, 6) is 2.03. The normalized spacial score (nSPS) is 17.8. The molecule has 1 saturated heterocycles. The first-order valence-electron chi connectivity index (χ1n) is 9.30. The number of H-pyrrole nitrogens is 1. The van der Waals surface area contributed by atoms with Crippen molar-refractivity contribution < 1.29 is 4.52 Å². The Morgan fingerprint density at radius 2 is 2.04 bits per heavy atom. The predicted octanol–water partition coefficient (Wildman–Crippen LogP) is 4.28. The van der Waals surface area contributed by atoms with Crippen molar-refractivity contribution in [2.45, 2.75) is 45.4 Å². The Labute approximate surface area is 153 Å². The van der Waals surface area contributed by atoms with Gasteiger partial charge in [0, 0.05) is 36.2 Å². The Morgan fingerprint density at radius 1 is 1.23 bits per heavy atom. The molecule has 1 atom stereocenters. The van der Waals surface area contributed by atoms with Gasteiger partial charge in [-0.15, -0.1) is 0 Å². The zero-order chi connectivity index (χ0) is 18.1. The molecule has 3 heterocycles. The molecule has 1 aromatic carbocycles. The highest BCUT2D eigenvalue weighted by Crippen LogP contribution is 2.34. The molecule has 0 bridgehead atoms. The summed E-state index contributed by atoms with van der Waals surface area (Å²) in [6, 6.07) is 8.62. The highest BCUT2D eigenvalue weighted by atomic mass is 16.5. The molecule has 3 aromatic rings.